The van der Waals surface area contributed by atoms with Crippen molar-refractivity contribution in [2.45, 2.75) is 12.5 Å². The maximum absolute atomic E-state index is 3.41. The summed E-state index contributed by atoms with van der Waals surface area (Å²) < 4.78 is 0. The fourth-order valence-electron chi connectivity index (χ4n) is 1.38. The zero-order valence-corrected chi connectivity index (χ0v) is 6.38. The summed E-state index contributed by atoms with van der Waals surface area (Å²) in [5.74, 6) is 0. The van der Waals surface area contributed by atoms with E-state index in [0.29, 0.717) is 6.04 Å². The predicted octanol–water partition coefficient (Wildman–Crippen LogP) is 1.61. The molecule has 2 heterocycles. The van der Waals surface area contributed by atoms with E-state index in [1.165, 1.54) is 5.56 Å². The fraction of sp³-hybridized carbons (Fsp3) is 0.333. The van der Waals surface area contributed by atoms with Gasteiger partial charge in [0.05, 0.1) is 6.04 Å². The Labute approximate surface area is 66.3 Å². The lowest BCUT2D eigenvalue weighted by Crippen LogP contribution is -2.22. The van der Waals surface area contributed by atoms with Gasteiger partial charge in [0, 0.05) is 12.4 Å². The van der Waals surface area contributed by atoms with E-state index >= 15 is 0 Å². The van der Waals surface area contributed by atoms with Crippen LogP contribution >= 0.6 is 0 Å². The second-order valence-electron chi connectivity index (χ2n) is 2.79. The van der Waals surface area contributed by atoms with Crippen LogP contribution < -0.4 is 5.32 Å². The van der Waals surface area contributed by atoms with Crippen molar-refractivity contribution in [2.75, 3.05) is 6.54 Å². The maximum Gasteiger partial charge on any atom is 0.0521 e. The van der Waals surface area contributed by atoms with Crippen LogP contribution in [0.3, 0.4) is 0 Å². The van der Waals surface area contributed by atoms with Crippen LogP contribution in [-0.2, 0) is 0 Å². The first-order valence-electron chi connectivity index (χ1n) is 3.99. The minimum absolute atomic E-state index is 0.426. The summed E-state index contributed by atoms with van der Waals surface area (Å²) in [7, 11) is 0. The topological polar surface area (TPSA) is 27.8 Å². The Morgan fingerprint density at radius 1 is 1.45 bits per heavy atom. The van der Waals surface area contributed by atoms with E-state index in [2.05, 4.69) is 28.5 Å². The molecular weight excluding hydrogens is 136 g/mol. The molecule has 1 aliphatic heterocycles. The first kappa shape index (κ1) is 6.68. The molecule has 1 atom stereocenters. The molecule has 1 aromatic heterocycles. The number of hydrogen-bond donors (Lipinski definition) is 2. The van der Waals surface area contributed by atoms with Crippen LogP contribution in [0.2, 0.25) is 0 Å². The maximum atomic E-state index is 3.41. The highest BCUT2D eigenvalue weighted by molar-refractivity contribution is 5.20. The summed E-state index contributed by atoms with van der Waals surface area (Å²) in [6.45, 7) is 1.09. The van der Waals surface area contributed by atoms with Gasteiger partial charge in [-0.25, -0.2) is 0 Å². The molecule has 2 N–H and O–H groups in total. The molecule has 2 nitrogen and oxygen atoms in total. The number of hydrogen-bond acceptors (Lipinski definition) is 1. The SMILES string of the molecule is C1=CC(c2cc[nH]c2)NCC1. The lowest BCUT2D eigenvalue weighted by molar-refractivity contribution is 0.601. The molecule has 0 aliphatic carbocycles. The summed E-state index contributed by atoms with van der Waals surface area (Å²) in [5.41, 5.74) is 1.32. The van der Waals surface area contributed by atoms with Crippen molar-refractivity contribution >= 4 is 0 Å². The average molecular weight is 148 g/mol. The van der Waals surface area contributed by atoms with Gasteiger partial charge in [0.25, 0.3) is 0 Å². The molecule has 1 aromatic rings. The molecule has 0 saturated carbocycles. The van der Waals surface area contributed by atoms with Gasteiger partial charge in [-0.1, -0.05) is 12.2 Å². The van der Waals surface area contributed by atoms with E-state index in [0.717, 1.165) is 13.0 Å². The molecule has 1 aliphatic rings. The quantitative estimate of drug-likeness (QED) is 0.582. The Morgan fingerprint density at radius 3 is 3.09 bits per heavy atom. The van der Waals surface area contributed by atoms with E-state index in [1.54, 1.807) is 0 Å². The zero-order chi connectivity index (χ0) is 7.52. The van der Waals surface area contributed by atoms with E-state index < -0.39 is 0 Å². The van der Waals surface area contributed by atoms with E-state index in [9.17, 15) is 0 Å². The van der Waals surface area contributed by atoms with Gasteiger partial charge in [0.15, 0.2) is 0 Å². The highest BCUT2D eigenvalue weighted by atomic mass is 14.9. The average Bonchev–Trinajstić information content (AvgIpc) is 2.58. The highest BCUT2D eigenvalue weighted by Gasteiger charge is 2.08. The van der Waals surface area contributed by atoms with Gasteiger partial charge >= 0.3 is 0 Å². The van der Waals surface area contributed by atoms with Crippen molar-refractivity contribution in [2.24, 2.45) is 0 Å². The van der Waals surface area contributed by atoms with Gasteiger partial charge in [-0.2, -0.15) is 0 Å². The van der Waals surface area contributed by atoms with Gasteiger partial charge in [-0.05, 0) is 24.6 Å². The molecule has 11 heavy (non-hydrogen) atoms. The first-order valence-corrected chi connectivity index (χ1v) is 3.99. The molecule has 2 heteroatoms. The zero-order valence-electron chi connectivity index (χ0n) is 6.38. The van der Waals surface area contributed by atoms with Crippen LogP contribution in [0.1, 0.15) is 18.0 Å². The molecule has 0 fully saturated rings. The molecule has 0 radical (unpaired) electrons. The van der Waals surface area contributed by atoms with E-state index in [-0.39, 0.29) is 0 Å². The Balaban J connectivity index is 2.16. The minimum Gasteiger partial charge on any atom is -0.367 e. The van der Waals surface area contributed by atoms with E-state index in [4.69, 9.17) is 0 Å². The van der Waals surface area contributed by atoms with Crippen molar-refractivity contribution in [3.05, 3.63) is 36.2 Å². The molecule has 1 unspecified atom stereocenters. The fourth-order valence-corrected chi connectivity index (χ4v) is 1.38. The van der Waals surface area contributed by atoms with Gasteiger partial charge in [0.2, 0.25) is 0 Å². The number of aromatic amines is 1. The van der Waals surface area contributed by atoms with Crippen molar-refractivity contribution in [3.8, 4) is 0 Å². The Hall–Kier alpha value is -1.02. The third kappa shape index (κ3) is 1.35. The minimum atomic E-state index is 0.426. The second kappa shape index (κ2) is 2.93. The normalized spacial score (nSPS) is 23.8. The molecule has 0 aromatic carbocycles. The molecule has 2 rings (SSSR count). The third-order valence-electron chi connectivity index (χ3n) is 1.98. The van der Waals surface area contributed by atoms with Crippen LogP contribution in [-0.4, -0.2) is 11.5 Å². The lowest BCUT2D eigenvalue weighted by Gasteiger charge is -2.16. The monoisotopic (exact) mass is 148 g/mol. The summed E-state index contributed by atoms with van der Waals surface area (Å²) >= 11 is 0. The van der Waals surface area contributed by atoms with Crippen LogP contribution in [0.15, 0.2) is 30.6 Å². The van der Waals surface area contributed by atoms with Crippen molar-refractivity contribution in [3.63, 3.8) is 0 Å². The second-order valence-corrected chi connectivity index (χ2v) is 2.79. The molecule has 58 valence electrons. The van der Waals surface area contributed by atoms with Crippen LogP contribution in [0, 0.1) is 0 Å². The Kier molecular flexibility index (Phi) is 1.78. The molecule has 0 saturated heterocycles. The van der Waals surface area contributed by atoms with Crippen molar-refractivity contribution in [1.82, 2.24) is 10.3 Å². The standard InChI is InChI=1S/C9H12N2/c1-2-5-11-9(3-1)8-4-6-10-7-8/h1,3-4,6-7,9-11H,2,5H2. The summed E-state index contributed by atoms with van der Waals surface area (Å²) in [4.78, 5) is 3.05. The van der Waals surface area contributed by atoms with Gasteiger partial charge < -0.3 is 10.3 Å². The van der Waals surface area contributed by atoms with Crippen molar-refractivity contribution in [1.29, 1.82) is 0 Å². The number of H-pyrrole nitrogens is 1. The third-order valence-corrected chi connectivity index (χ3v) is 1.98. The molecular formula is C9H12N2. The lowest BCUT2D eigenvalue weighted by atomic mass is 10.1. The van der Waals surface area contributed by atoms with E-state index in [1.807, 2.05) is 12.4 Å². The van der Waals surface area contributed by atoms with Gasteiger partial charge in [-0.15, -0.1) is 0 Å². The van der Waals surface area contributed by atoms with Crippen LogP contribution in [0.5, 0.6) is 0 Å². The Morgan fingerprint density at radius 2 is 2.45 bits per heavy atom. The van der Waals surface area contributed by atoms with Crippen molar-refractivity contribution < 1.29 is 0 Å². The molecule has 0 amide bonds. The summed E-state index contributed by atoms with van der Waals surface area (Å²) in [6.07, 6.45) is 9.59. The highest BCUT2D eigenvalue weighted by Crippen LogP contribution is 2.15. The molecule has 0 spiro atoms. The van der Waals surface area contributed by atoms with Gasteiger partial charge in [-0.3, -0.25) is 0 Å². The number of nitrogens with one attached hydrogen (secondary N) is 2. The number of aromatic nitrogens is 1. The van der Waals surface area contributed by atoms with Crippen LogP contribution in [0.4, 0.5) is 0 Å². The van der Waals surface area contributed by atoms with Gasteiger partial charge in [0.1, 0.15) is 0 Å². The first-order chi connectivity index (χ1) is 5.47. The predicted molar refractivity (Wildman–Crippen MR) is 45.3 cm³/mol. The van der Waals surface area contributed by atoms with Crippen LogP contribution in [0.25, 0.3) is 0 Å². The Bertz CT molecular complexity index is 236. The number of rotatable bonds is 1. The largest absolute Gasteiger partial charge is 0.367 e. The summed E-state index contributed by atoms with van der Waals surface area (Å²) in [5, 5.41) is 3.41. The summed E-state index contributed by atoms with van der Waals surface area (Å²) in [6, 6.07) is 2.53. The molecule has 0 bridgehead atoms. The smallest absolute Gasteiger partial charge is 0.0521 e.